The summed E-state index contributed by atoms with van der Waals surface area (Å²) in [4.78, 5) is 35.8. The standard InChI is InChI=1S/C37H49N5O2S/c1-6-30(7-2)42-34-15-12-28(22-32(34)39-35(42)23-31-9-8-20-45-31)36(43)40-33(21-25(3)4)37(44)38-29-13-10-27(11-14-29)24-41-18-16-26(5)17-19-41/h8-15,20,22,25-26,30,33H,6-7,16-19,21,23-24H2,1-5H3,(H,38,44)(H,40,43)/t33-/m0/s1. The van der Waals surface area contributed by atoms with Crippen LogP contribution < -0.4 is 10.6 Å². The SMILES string of the molecule is CCC(CC)n1c(Cc2cccs2)nc2cc(C(=O)N[C@@H](CC(C)C)C(=O)Nc3ccc(CN4CCC(C)CC4)cc3)ccc21. The van der Waals surface area contributed by atoms with Gasteiger partial charge in [-0.3, -0.25) is 14.5 Å². The molecule has 2 amide bonds. The molecule has 7 nitrogen and oxygen atoms in total. The number of thiophene rings is 1. The molecule has 240 valence electrons. The van der Waals surface area contributed by atoms with Gasteiger partial charge in [0.25, 0.3) is 5.91 Å². The molecule has 4 aromatic rings. The molecule has 1 fully saturated rings. The smallest absolute Gasteiger partial charge is 0.252 e. The molecule has 0 radical (unpaired) electrons. The van der Waals surface area contributed by atoms with Gasteiger partial charge < -0.3 is 15.2 Å². The van der Waals surface area contributed by atoms with Crippen molar-refractivity contribution >= 4 is 39.9 Å². The van der Waals surface area contributed by atoms with Crippen LogP contribution in [0, 0.1) is 11.8 Å². The van der Waals surface area contributed by atoms with E-state index in [2.05, 4.69) is 84.4 Å². The van der Waals surface area contributed by atoms with Crippen LogP contribution in [0.3, 0.4) is 0 Å². The van der Waals surface area contributed by atoms with Crippen LogP contribution in [0.5, 0.6) is 0 Å². The zero-order valence-electron chi connectivity index (χ0n) is 27.5. The lowest BCUT2D eigenvalue weighted by Gasteiger charge is -2.30. The van der Waals surface area contributed by atoms with Gasteiger partial charge in [0.1, 0.15) is 11.9 Å². The van der Waals surface area contributed by atoms with Crippen LogP contribution in [-0.4, -0.2) is 45.4 Å². The quantitative estimate of drug-likeness (QED) is 0.157. The molecular weight excluding hydrogens is 579 g/mol. The number of nitrogens with zero attached hydrogens (tertiary/aromatic N) is 3. The summed E-state index contributed by atoms with van der Waals surface area (Å²) < 4.78 is 2.35. The first-order chi connectivity index (χ1) is 21.7. The largest absolute Gasteiger partial charge is 0.340 e. The predicted octanol–water partition coefficient (Wildman–Crippen LogP) is 8.06. The Morgan fingerprint density at radius 2 is 1.76 bits per heavy atom. The molecule has 0 spiro atoms. The highest BCUT2D eigenvalue weighted by atomic mass is 32.1. The number of nitrogens with one attached hydrogen (secondary N) is 2. The van der Waals surface area contributed by atoms with Crippen molar-refractivity contribution in [2.45, 2.75) is 91.8 Å². The Morgan fingerprint density at radius 3 is 2.40 bits per heavy atom. The number of fused-ring (bicyclic) bond motifs is 1. The summed E-state index contributed by atoms with van der Waals surface area (Å²) in [7, 11) is 0. The zero-order valence-corrected chi connectivity index (χ0v) is 28.3. The highest BCUT2D eigenvalue weighted by molar-refractivity contribution is 7.09. The molecule has 3 heterocycles. The van der Waals surface area contributed by atoms with Gasteiger partial charge in [-0.15, -0.1) is 11.3 Å². The molecular formula is C37H49N5O2S. The van der Waals surface area contributed by atoms with E-state index in [1.54, 1.807) is 11.3 Å². The highest BCUT2D eigenvalue weighted by Gasteiger charge is 2.24. The molecule has 5 rings (SSSR count). The molecule has 2 N–H and O–H groups in total. The third-order valence-electron chi connectivity index (χ3n) is 9.08. The van der Waals surface area contributed by atoms with Gasteiger partial charge in [-0.2, -0.15) is 0 Å². The first kappa shape index (κ1) is 32.9. The van der Waals surface area contributed by atoms with Gasteiger partial charge in [0.2, 0.25) is 5.91 Å². The van der Waals surface area contributed by atoms with Crippen molar-refractivity contribution in [1.82, 2.24) is 19.8 Å². The normalized spacial score (nSPS) is 15.2. The molecule has 0 bridgehead atoms. The van der Waals surface area contributed by atoms with Crippen molar-refractivity contribution < 1.29 is 9.59 Å². The average molecular weight is 628 g/mol. The Bertz CT molecular complexity index is 1550. The molecule has 0 saturated carbocycles. The molecule has 1 saturated heterocycles. The van der Waals surface area contributed by atoms with Crippen LogP contribution in [-0.2, 0) is 17.8 Å². The minimum absolute atomic E-state index is 0.202. The van der Waals surface area contributed by atoms with Crippen LogP contribution in [0.2, 0.25) is 0 Å². The van der Waals surface area contributed by atoms with Crippen molar-refractivity contribution in [3.63, 3.8) is 0 Å². The first-order valence-corrected chi connectivity index (χ1v) is 17.6. The molecule has 2 aromatic heterocycles. The van der Waals surface area contributed by atoms with E-state index in [1.807, 2.05) is 30.3 Å². The summed E-state index contributed by atoms with van der Waals surface area (Å²) >= 11 is 1.74. The Morgan fingerprint density at radius 1 is 1.02 bits per heavy atom. The minimum Gasteiger partial charge on any atom is -0.340 e. The second-order valence-electron chi connectivity index (χ2n) is 13.1. The van der Waals surface area contributed by atoms with Crippen molar-refractivity contribution in [2.24, 2.45) is 11.8 Å². The van der Waals surface area contributed by atoms with Gasteiger partial charge in [-0.25, -0.2) is 4.98 Å². The molecule has 45 heavy (non-hydrogen) atoms. The summed E-state index contributed by atoms with van der Waals surface area (Å²) in [5.74, 6) is 1.60. The fraction of sp³-hybridized carbons (Fsp3) is 0.486. The minimum atomic E-state index is -0.653. The lowest BCUT2D eigenvalue weighted by Crippen LogP contribution is -2.44. The van der Waals surface area contributed by atoms with Crippen LogP contribution in [0.15, 0.2) is 60.0 Å². The number of carbonyl (C=O) groups is 2. The van der Waals surface area contributed by atoms with Gasteiger partial charge in [0.05, 0.1) is 11.0 Å². The van der Waals surface area contributed by atoms with Gasteiger partial charge in [0, 0.05) is 35.1 Å². The third-order valence-corrected chi connectivity index (χ3v) is 9.95. The Balaban J connectivity index is 1.28. The number of imidazole rings is 1. The maximum absolute atomic E-state index is 13.6. The highest BCUT2D eigenvalue weighted by Crippen LogP contribution is 2.29. The van der Waals surface area contributed by atoms with Crippen molar-refractivity contribution in [1.29, 1.82) is 0 Å². The Kier molecular flexibility index (Phi) is 11.1. The molecule has 1 aliphatic heterocycles. The van der Waals surface area contributed by atoms with E-state index >= 15 is 0 Å². The molecule has 1 atom stereocenters. The Hall–Kier alpha value is -3.49. The number of amides is 2. The number of hydrogen-bond donors (Lipinski definition) is 2. The summed E-state index contributed by atoms with van der Waals surface area (Å²) in [5, 5.41) is 8.17. The number of benzene rings is 2. The number of hydrogen-bond acceptors (Lipinski definition) is 5. The third kappa shape index (κ3) is 8.41. The van der Waals surface area contributed by atoms with Crippen molar-refractivity contribution in [3.05, 3.63) is 81.8 Å². The molecule has 2 aromatic carbocycles. The Labute approximate surface area is 272 Å². The fourth-order valence-corrected chi connectivity index (χ4v) is 7.09. The van der Waals surface area contributed by atoms with E-state index in [1.165, 1.54) is 23.3 Å². The van der Waals surface area contributed by atoms with Crippen molar-refractivity contribution in [2.75, 3.05) is 18.4 Å². The van der Waals surface area contributed by atoms with Crippen molar-refractivity contribution in [3.8, 4) is 0 Å². The summed E-state index contributed by atoms with van der Waals surface area (Å²) in [6.07, 6.45) is 5.83. The van der Waals surface area contributed by atoms with Gasteiger partial charge >= 0.3 is 0 Å². The number of aromatic nitrogens is 2. The molecule has 8 heteroatoms. The van der Waals surface area contributed by atoms with Crippen LogP contribution >= 0.6 is 11.3 Å². The van der Waals surface area contributed by atoms with Gasteiger partial charge in [-0.1, -0.05) is 52.8 Å². The predicted molar refractivity (Wildman–Crippen MR) is 186 cm³/mol. The monoisotopic (exact) mass is 627 g/mol. The van der Waals surface area contributed by atoms with Crippen LogP contribution in [0.25, 0.3) is 11.0 Å². The number of piperidine rings is 1. The van der Waals surface area contributed by atoms with E-state index < -0.39 is 6.04 Å². The number of likely N-dealkylation sites (tertiary alicyclic amines) is 1. The fourth-order valence-electron chi connectivity index (χ4n) is 6.39. The number of anilines is 1. The second kappa shape index (κ2) is 15.2. The van der Waals surface area contributed by atoms with Crippen LogP contribution in [0.4, 0.5) is 5.69 Å². The topological polar surface area (TPSA) is 79.3 Å². The van der Waals surface area contributed by atoms with Crippen LogP contribution in [0.1, 0.15) is 99.4 Å². The van der Waals surface area contributed by atoms with Gasteiger partial charge in [-0.05, 0) is 104 Å². The molecule has 1 aliphatic rings. The van der Waals surface area contributed by atoms with Gasteiger partial charge in [0.15, 0.2) is 0 Å². The van der Waals surface area contributed by atoms with E-state index in [9.17, 15) is 9.59 Å². The summed E-state index contributed by atoms with van der Waals surface area (Å²) in [6.45, 7) is 14.1. The molecule has 0 aliphatic carbocycles. The molecule has 0 unspecified atom stereocenters. The summed E-state index contributed by atoms with van der Waals surface area (Å²) in [6, 6.07) is 17.7. The van der Waals surface area contributed by atoms with E-state index in [4.69, 9.17) is 4.98 Å². The lowest BCUT2D eigenvalue weighted by molar-refractivity contribution is -0.118. The number of rotatable bonds is 13. The lowest BCUT2D eigenvalue weighted by atomic mass is 9.99. The van der Waals surface area contributed by atoms with E-state index in [0.717, 1.165) is 67.4 Å². The zero-order chi connectivity index (χ0) is 31.9. The maximum atomic E-state index is 13.6. The van der Waals surface area contributed by atoms with E-state index in [-0.39, 0.29) is 17.7 Å². The summed E-state index contributed by atoms with van der Waals surface area (Å²) in [5.41, 5.74) is 4.35. The van der Waals surface area contributed by atoms with E-state index in [0.29, 0.717) is 18.0 Å². The number of carbonyl (C=O) groups excluding carboxylic acids is 2. The second-order valence-corrected chi connectivity index (χ2v) is 14.2. The average Bonchev–Trinajstić information content (AvgIpc) is 3.67. The maximum Gasteiger partial charge on any atom is 0.252 e. The first-order valence-electron chi connectivity index (χ1n) is 16.7.